The van der Waals surface area contributed by atoms with Crippen molar-refractivity contribution in [1.29, 1.82) is 0 Å². The Bertz CT molecular complexity index is 1250. The number of aromatic nitrogens is 2. The molecule has 11 heteroatoms. The van der Waals surface area contributed by atoms with Crippen molar-refractivity contribution in [3.63, 3.8) is 0 Å². The maximum atomic E-state index is 12.5. The van der Waals surface area contributed by atoms with Gasteiger partial charge in [-0.1, -0.05) is 11.6 Å². The summed E-state index contributed by atoms with van der Waals surface area (Å²) in [7, 11) is -3.35. The second-order valence-electron chi connectivity index (χ2n) is 9.98. The van der Waals surface area contributed by atoms with Gasteiger partial charge in [-0.2, -0.15) is 0 Å². The predicted octanol–water partition coefficient (Wildman–Crippen LogP) is 5.09. The zero-order chi connectivity index (χ0) is 25.6. The summed E-state index contributed by atoms with van der Waals surface area (Å²) in [5.74, 6) is 0.987. The highest BCUT2D eigenvalue weighted by molar-refractivity contribution is 7.92. The van der Waals surface area contributed by atoms with Crippen LogP contribution in [0.25, 0.3) is 0 Å². The van der Waals surface area contributed by atoms with E-state index in [0.717, 1.165) is 12.8 Å². The molecule has 3 aliphatic rings. The number of hydrogen-bond acceptors (Lipinski definition) is 8. The summed E-state index contributed by atoms with van der Waals surface area (Å²) in [5, 5.41) is -0.124. The van der Waals surface area contributed by atoms with Gasteiger partial charge in [-0.05, 0) is 64.7 Å². The van der Waals surface area contributed by atoms with Gasteiger partial charge in [-0.15, -0.1) is 0 Å². The monoisotopic (exact) mass is 535 g/mol. The number of sulfone groups is 1. The Hall–Kier alpha value is -2.59. The van der Waals surface area contributed by atoms with Crippen LogP contribution in [0.3, 0.4) is 0 Å². The van der Waals surface area contributed by atoms with Crippen LogP contribution in [0.5, 0.6) is 17.5 Å². The lowest BCUT2D eigenvalue weighted by Gasteiger charge is -2.38. The average Bonchev–Trinajstić information content (AvgIpc) is 3.63. The Balaban J connectivity index is 1.27. The number of nitrogens with zero attached hydrogens (tertiary/aromatic N) is 3. The fraction of sp³-hybridized carbons (Fsp3) is 0.560. The molecule has 2 saturated heterocycles. The van der Waals surface area contributed by atoms with Gasteiger partial charge in [0.25, 0.3) is 0 Å². The van der Waals surface area contributed by atoms with Crippen LogP contribution in [0.2, 0.25) is 5.02 Å². The molecule has 2 bridgehead atoms. The molecule has 1 unspecified atom stereocenters. The summed E-state index contributed by atoms with van der Waals surface area (Å²) < 4.78 is 42.6. The largest absolute Gasteiger partial charge is 0.474 e. The summed E-state index contributed by atoms with van der Waals surface area (Å²) in [4.78, 5) is 23.1. The summed E-state index contributed by atoms with van der Waals surface area (Å²) in [6.45, 7) is 5.50. The minimum Gasteiger partial charge on any atom is -0.474 e. The lowest BCUT2D eigenvalue weighted by atomic mass is 10.0. The molecule has 36 heavy (non-hydrogen) atoms. The molecule has 0 radical (unpaired) electrons. The number of fused-ring (bicyclic) bond motifs is 2. The molecule has 1 aliphatic carbocycles. The second-order valence-corrected chi connectivity index (χ2v) is 12.6. The molecule has 1 aromatic carbocycles. The smallest absolute Gasteiger partial charge is 0.410 e. The molecular formula is C25H30ClN3O6S. The van der Waals surface area contributed by atoms with E-state index in [0.29, 0.717) is 42.9 Å². The van der Waals surface area contributed by atoms with Gasteiger partial charge < -0.3 is 19.1 Å². The number of carbonyl (C=O) groups excluding carboxylic acids is 1. The van der Waals surface area contributed by atoms with E-state index in [-0.39, 0.29) is 51.4 Å². The van der Waals surface area contributed by atoms with E-state index >= 15 is 0 Å². The number of amides is 1. The van der Waals surface area contributed by atoms with E-state index in [2.05, 4.69) is 9.97 Å². The Morgan fingerprint density at radius 2 is 1.75 bits per heavy atom. The maximum Gasteiger partial charge on any atom is 0.410 e. The van der Waals surface area contributed by atoms with E-state index in [9.17, 15) is 13.2 Å². The summed E-state index contributed by atoms with van der Waals surface area (Å²) in [6.07, 6.45) is 5.49. The lowest BCUT2D eigenvalue weighted by Crippen LogP contribution is -2.50. The van der Waals surface area contributed by atoms with Crippen LogP contribution >= 0.6 is 11.6 Å². The normalized spacial score (nSPS) is 23.6. The molecule has 194 valence electrons. The molecule has 3 heterocycles. The number of rotatable bonds is 7. The van der Waals surface area contributed by atoms with Crippen LogP contribution in [0.15, 0.2) is 29.4 Å². The highest BCUT2D eigenvalue weighted by Gasteiger charge is 2.45. The van der Waals surface area contributed by atoms with Crippen LogP contribution in [0.4, 0.5) is 4.79 Å². The third-order valence-electron chi connectivity index (χ3n) is 6.91. The van der Waals surface area contributed by atoms with Crippen molar-refractivity contribution in [1.82, 2.24) is 14.9 Å². The first-order chi connectivity index (χ1) is 17.1. The van der Waals surface area contributed by atoms with Gasteiger partial charge in [0.1, 0.15) is 18.2 Å². The van der Waals surface area contributed by atoms with Crippen LogP contribution in [-0.2, 0) is 14.6 Å². The van der Waals surface area contributed by atoms with Crippen LogP contribution in [-0.4, -0.2) is 58.9 Å². The Kier molecular flexibility index (Phi) is 6.76. The van der Waals surface area contributed by atoms with E-state index in [1.807, 2.05) is 18.7 Å². The topological polar surface area (TPSA) is 108 Å². The molecule has 0 N–H and O–H groups in total. The standard InChI is InChI=1S/C25H30ClN3O6S/c1-14(2)33-25(30)29-16-4-5-17(29)11-18(10-16)34-23-15(3)24(28-13-27-23)35-22-9-8-20(12-21(22)26)36(31,32)19-6-7-19/h8-9,12-14,16-19H,4-7,10-11H2,1-3H3/t16-,17?,18+/m0/s1. The van der Waals surface area contributed by atoms with Crippen molar-refractivity contribution in [3.8, 4) is 17.5 Å². The van der Waals surface area contributed by atoms with Gasteiger partial charge >= 0.3 is 6.09 Å². The molecule has 2 aromatic rings. The third kappa shape index (κ3) is 4.98. The van der Waals surface area contributed by atoms with Crippen molar-refractivity contribution in [3.05, 3.63) is 35.1 Å². The number of hydrogen-bond donors (Lipinski definition) is 0. The van der Waals surface area contributed by atoms with Crippen LogP contribution in [0.1, 0.15) is 57.9 Å². The number of benzene rings is 1. The zero-order valence-electron chi connectivity index (χ0n) is 20.5. The molecule has 1 saturated carbocycles. The molecule has 0 spiro atoms. The van der Waals surface area contributed by atoms with Gasteiger partial charge in [0.05, 0.1) is 26.8 Å². The second kappa shape index (κ2) is 9.70. The molecule has 9 nitrogen and oxygen atoms in total. The van der Waals surface area contributed by atoms with Gasteiger partial charge in [0.15, 0.2) is 9.84 Å². The molecule has 5 rings (SSSR count). The van der Waals surface area contributed by atoms with Crippen molar-refractivity contribution >= 4 is 27.5 Å². The quantitative estimate of drug-likeness (QED) is 0.482. The highest BCUT2D eigenvalue weighted by atomic mass is 35.5. The van der Waals surface area contributed by atoms with Crippen molar-refractivity contribution in [2.45, 2.75) is 93.7 Å². The lowest BCUT2D eigenvalue weighted by molar-refractivity contribution is 0.0206. The summed E-state index contributed by atoms with van der Waals surface area (Å²) >= 11 is 6.36. The third-order valence-corrected chi connectivity index (χ3v) is 9.46. The van der Waals surface area contributed by atoms with E-state index in [4.69, 9.17) is 25.8 Å². The van der Waals surface area contributed by atoms with E-state index < -0.39 is 9.84 Å². The zero-order valence-corrected chi connectivity index (χ0v) is 22.1. The molecular weight excluding hydrogens is 506 g/mol. The van der Waals surface area contributed by atoms with Gasteiger partial charge in [0.2, 0.25) is 11.8 Å². The number of piperidine rings is 1. The first kappa shape index (κ1) is 25.1. The minimum absolute atomic E-state index is 0.0853. The first-order valence-electron chi connectivity index (χ1n) is 12.3. The fourth-order valence-electron chi connectivity index (χ4n) is 5.00. The van der Waals surface area contributed by atoms with Crippen molar-refractivity contribution in [2.75, 3.05) is 0 Å². The SMILES string of the molecule is Cc1c(Oc2ccc(S(=O)(=O)C3CC3)cc2Cl)ncnc1O[C@H]1CC2CC[C@@H](C1)N2C(=O)OC(C)C. The fourth-order valence-corrected chi connectivity index (χ4v) is 6.96. The van der Waals surface area contributed by atoms with Gasteiger partial charge in [0, 0.05) is 24.9 Å². The number of carbonyl (C=O) groups is 1. The first-order valence-corrected chi connectivity index (χ1v) is 14.2. The molecule has 1 aromatic heterocycles. The van der Waals surface area contributed by atoms with Crippen LogP contribution < -0.4 is 9.47 Å². The number of ether oxygens (including phenoxy) is 3. The Morgan fingerprint density at radius 3 is 2.36 bits per heavy atom. The van der Waals surface area contributed by atoms with E-state index in [1.165, 1.54) is 18.5 Å². The Morgan fingerprint density at radius 1 is 1.08 bits per heavy atom. The van der Waals surface area contributed by atoms with Gasteiger partial charge in [-0.25, -0.2) is 23.2 Å². The van der Waals surface area contributed by atoms with Gasteiger partial charge in [-0.3, -0.25) is 0 Å². The van der Waals surface area contributed by atoms with E-state index in [1.54, 1.807) is 13.0 Å². The molecule has 3 atom stereocenters. The summed E-state index contributed by atoms with van der Waals surface area (Å²) in [6, 6.07) is 4.65. The number of halogens is 1. The maximum absolute atomic E-state index is 12.5. The molecule has 3 fully saturated rings. The minimum atomic E-state index is -3.35. The van der Waals surface area contributed by atoms with Crippen molar-refractivity contribution in [2.24, 2.45) is 0 Å². The van der Waals surface area contributed by atoms with Crippen LogP contribution in [0, 0.1) is 6.92 Å². The average molecular weight is 536 g/mol. The summed E-state index contributed by atoms with van der Waals surface area (Å²) in [5.41, 5.74) is 0.609. The highest BCUT2D eigenvalue weighted by Crippen LogP contribution is 2.40. The molecule has 1 amide bonds. The van der Waals surface area contributed by atoms with Crippen molar-refractivity contribution < 1.29 is 27.4 Å². The Labute approximate surface area is 216 Å². The molecule has 2 aliphatic heterocycles. The predicted molar refractivity (Wildman–Crippen MR) is 132 cm³/mol.